The van der Waals surface area contributed by atoms with E-state index in [0.717, 1.165) is 25.7 Å². The number of nitrogens with one attached hydrogen (secondary N) is 1. The van der Waals surface area contributed by atoms with Crippen molar-refractivity contribution < 1.29 is 23.0 Å². The van der Waals surface area contributed by atoms with E-state index in [-0.39, 0.29) is 29.9 Å². The molecule has 4 rings (SSSR count). The van der Waals surface area contributed by atoms with E-state index in [1.807, 2.05) is 11.8 Å². The van der Waals surface area contributed by atoms with Gasteiger partial charge in [0.2, 0.25) is 5.91 Å². The smallest absolute Gasteiger partial charge is 0.217 e. The van der Waals surface area contributed by atoms with Crippen LogP contribution in [0.5, 0.6) is 5.75 Å². The third-order valence-electron chi connectivity index (χ3n) is 5.50. The van der Waals surface area contributed by atoms with Crippen molar-refractivity contribution in [1.29, 1.82) is 0 Å². The van der Waals surface area contributed by atoms with Gasteiger partial charge in [0.15, 0.2) is 16.7 Å². The van der Waals surface area contributed by atoms with Gasteiger partial charge in [-0.3, -0.25) is 4.79 Å². The van der Waals surface area contributed by atoms with Crippen LogP contribution in [0.25, 0.3) is 10.2 Å². The average molecular weight is 440 g/mol. The lowest BCUT2D eigenvalue weighted by Crippen LogP contribution is -2.48. The quantitative estimate of drug-likeness (QED) is 0.711. The van der Waals surface area contributed by atoms with Gasteiger partial charge in [0.25, 0.3) is 0 Å². The number of hydrogen-bond acceptors (Lipinski definition) is 6. The van der Waals surface area contributed by atoms with Crippen molar-refractivity contribution >= 4 is 32.6 Å². The molecular formula is C21H27F2N3O3S. The third kappa shape index (κ3) is 4.83. The fourth-order valence-electron chi connectivity index (χ4n) is 3.90. The summed E-state index contributed by atoms with van der Waals surface area (Å²) in [6.45, 7) is 4.53. The molecule has 2 heterocycles. The number of fused-ring (bicyclic) bond motifs is 1. The maximum absolute atomic E-state index is 15.0. The van der Waals surface area contributed by atoms with Crippen molar-refractivity contribution in [3.8, 4) is 5.75 Å². The minimum absolute atomic E-state index is 0.0198. The van der Waals surface area contributed by atoms with E-state index in [2.05, 4.69) is 10.3 Å². The number of halogens is 2. The van der Waals surface area contributed by atoms with Gasteiger partial charge in [-0.05, 0) is 44.7 Å². The summed E-state index contributed by atoms with van der Waals surface area (Å²) in [4.78, 5) is 17.3. The molecule has 1 aromatic heterocycles. The van der Waals surface area contributed by atoms with E-state index in [1.165, 1.54) is 18.3 Å². The number of aromatic nitrogens is 1. The summed E-state index contributed by atoms with van der Waals surface area (Å²) in [6, 6.07) is 3.37. The zero-order valence-electron chi connectivity index (χ0n) is 17.2. The second kappa shape index (κ2) is 9.01. The average Bonchev–Trinajstić information content (AvgIpc) is 3.11. The van der Waals surface area contributed by atoms with Gasteiger partial charge >= 0.3 is 0 Å². The second-order valence-electron chi connectivity index (χ2n) is 8.18. The number of alkyl halides is 1. The molecule has 1 saturated heterocycles. The predicted octanol–water partition coefficient (Wildman–Crippen LogP) is 3.82. The molecule has 0 spiro atoms. The third-order valence-corrected chi connectivity index (χ3v) is 6.63. The first-order chi connectivity index (χ1) is 14.4. The van der Waals surface area contributed by atoms with E-state index in [1.54, 1.807) is 12.1 Å². The number of ether oxygens (including phenoxy) is 2. The topological polar surface area (TPSA) is 63.7 Å². The van der Waals surface area contributed by atoms with Crippen molar-refractivity contribution in [3.05, 3.63) is 17.9 Å². The molecule has 1 aromatic carbocycles. The van der Waals surface area contributed by atoms with Gasteiger partial charge in [-0.2, -0.15) is 0 Å². The van der Waals surface area contributed by atoms with E-state index >= 15 is 0 Å². The lowest BCUT2D eigenvalue weighted by atomic mass is 9.95. The number of rotatable bonds is 7. The summed E-state index contributed by atoms with van der Waals surface area (Å²) in [5, 5.41) is 3.46. The molecule has 1 aliphatic carbocycles. The largest absolute Gasteiger partial charge is 0.487 e. The maximum atomic E-state index is 15.0. The first kappa shape index (κ1) is 21.2. The monoisotopic (exact) mass is 439 g/mol. The zero-order chi connectivity index (χ0) is 21.3. The molecule has 2 aliphatic rings. The summed E-state index contributed by atoms with van der Waals surface area (Å²) in [5.41, 5.74) is 0.576. The SMILES string of the molecule is CC(=O)N[C@@H](C)CO[C@H]1CC[C@H](Oc2ccc3nc(N4CC(F)C4)sc3c2F)CC1. The normalized spacial score (nSPS) is 23.3. The van der Waals surface area contributed by atoms with Crippen molar-refractivity contribution in [3.63, 3.8) is 0 Å². The highest BCUT2D eigenvalue weighted by atomic mass is 32.1. The summed E-state index contributed by atoms with van der Waals surface area (Å²) in [6.07, 6.45) is 2.50. The van der Waals surface area contributed by atoms with E-state index in [0.29, 0.717) is 35.0 Å². The first-order valence-electron chi connectivity index (χ1n) is 10.4. The molecule has 6 nitrogen and oxygen atoms in total. The minimum Gasteiger partial charge on any atom is -0.487 e. The van der Waals surface area contributed by atoms with Crippen LogP contribution in [0.1, 0.15) is 39.5 Å². The molecule has 0 unspecified atom stereocenters. The van der Waals surface area contributed by atoms with Crippen molar-refractivity contribution in [2.45, 2.75) is 64.0 Å². The molecule has 9 heteroatoms. The molecule has 1 amide bonds. The van der Waals surface area contributed by atoms with Crippen LogP contribution in [0.4, 0.5) is 13.9 Å². The highest BCUT2D eigenvalue weighted by molar-refractivity contribution is 7.22. The van der Waals surface area contributed by atoms with Gasteiger partial charge in [-0.1, -0.05) is 11.3 Å². The lowest BCUT2D eigenvalue weighted by molar-refractivity contribution is -0.120. The van der Waals surface area contributed by atoms with Gasteiger partial charge in [0, 0.05) is 13.0 Å². The highest BCUT2D eigenvalue weighted by Gasteiger charge is 2.30. The van der Waals surface area contributed by atoms with Gasteiger partial charge < -0.3 is 19.7 Å². The van der Waals surface area contributed by atoms with Crippen molar-refractivity contribution in [2.75, 3.05) is 24.6 Å². The number of amides is 1. The Bertz CT molecular complexity index is 895. The Morgan fingerprint density at radius 1 is 1.30 bits per heavy atom. The van der Waals surface area contributed by atoms with Crippen LogP contribution in [0.2, 0.25) is 0 Å². The van der Waals surface area contributed by atoms with E-state index in [9.17, 15) is 13.6 Å². The van der Waals surface area contributed by atoms with Crippen LogP contribution in [-0.4, -0.2) is 55.0 Å². The van der Waals surface area contributed by atoms with Crippen molar-refractivity contribution in [2.24, 2.45) is 0 Å². The summed E-state index contributed by atoms with van der Waals surface area (Å²) < 4.78 is 40.4. The van der Waals surface area contributed by atoms with Crippen LogP contribution in [0.15, 0.2) is 12.1 Å². The lowest BCUT2D eigenvalue weighted by Gasteiger charge is -2.33. The molecular weight excluding hydrogens is 412 g/mol. The maximum Gasteiger partial charge on any atom is 0.217 e. The van der Waals surface area contributed by atoms with E-state index < -0.39 is 12.0 Å². The standard InChI is InChI=1S/C21H27F2N3O3S/c1-12(24-13(2)27)11-28-15-3-5-16(6-4-15)29-18-8-7-17-20(19(18)23)30-21(25-17)26-9-14(22)10-26/h7-8,12,14-16H,3-6,9-11H2,1-2H3,(H,24,27)/t12-,15-,16-/m0/s1. The number of carbonyl (C=O) groups is 1. The molecule has 2 aromatic rings. The molecule has 1 saturated carbocycles. The number of benzene rings is 1. The van der Waals surface area contributed by atoms with E-state index in [4.69, 9.17) is 9.47 Å². The molecule has 30 heavy (non-hydrogen) atoms. The summed E-state index contributed by atoms with van der Waals surface area (Å²) >= 11 is 1.24. The van der Waals surface area contributed by atoms with Crippen molar-refractivity contribution in [1.82, 2.24) is 10.3 Å². The Morgan fingerprint density at radius 3 is 2.67 bits per heavy atom. The molecule has 2 fully saturated rings. The fourth-order valence-corrected chi connectivity index (χ4v) is 4.92. The summed E-state index contributed by atoms with van der Waals surface area (Å²) in [7, 11) is 0. The first-order valence-corrected chi connectivity index (χ1v) is 11.2. The number of anilines is 1. The van der Waals surface area contributed by atoms with Gasteiger partial charge in [0.05, 0.1) is 42.1 Å². The Kier molecular flexibility index (Phi) is 6.38. The fraction of sp³-hybridized carbons (Fsp3) is 0.619. The van der Waals surface area contributed by atoms with Crippen LogP contribution in [-0.2, 0) is 9.53 Å². The van der Waals surface area contributed by atoms with Crippen LogP contribution < -0.4 is 15.0 Å². The summed E-state index contributed by atoms with van der Waals surface area (Å²) in [5.74, 6) is -0.212. The number of thiazole rings is 1. The predicted molar refractivity (Wildman–Crippen MR) is 113 cm³/mol. The Hall–Kier alpha value is -2.00. The van der Waals surface area contributed by atoms with Crippen LogP contribution in [0, 0.1) is 5.82 Å². The number of hydrogen-bond donors (Lipinski definition) is 1. The Labute approximate surface area is 178 Å². The van der Waals surface area contributed by atoms with Gasteiger partial charge in [0.1, 0.15) is 6.17 Å². The molecule has 1 N–H and O–H groups in total. The Morgan fingerprint density at radius 2 is 2.00 bits per heavy atom. The Balaban J connectivity index is 1.30. The number of nitrogens with zero attached hydrogens (tertiary/aromatic N) is 2. The molecule has 164 valence electrons. The molecule has 0 bridgehead atoms. The van der Waals surface area contributed by atoms with Gasteiger partial charge in [-0.15, -0.1) is 0 Å². The molecule has 1 atom stereocenters. The molecule has 0 radical (unpaired) electrons. The number of carbonyl (C=O) groups excluding carboxylic acids is 1. The van der Waals surface area contributed by atoms with Crippen LogP contribution >= 0.6 is 11.3 Å². The second-order valence-corrected chi connectivity index (χ2v) is 9.15. The molecule has 1 aliphatic heterocycles. The van der Waals surface area contributed by atoms with Crippen LogP contribution in [0.3, 0.4) is 0 Å². The van der Waals surface area contributed by atoms with Gasteiger partial charge in [-0.25, -0.2) is 13.8 Å². The zero-order valence-corrected chi connectivity index (χ0v) is 18.0. The minimum atomic E-state index is -0.825. The highest BCUT2D eigenvalue weighted by Crippen LogP contribution is 2.37.